The van der Waals surface area contributed by atoms with Crippen molar-refractivity contribution in [2.75, 3.05) is 31.1 Å². The van der Waals surface area contributed by atoms with Crippen LogP contribution in [0.25, 0.3) is 0 Å². The summed E-state index contributed by atoms with van der Waals surface area (Å²) in [5.41, 5.74) is 1.66. The van der Waals surface area contributed by atoms with Crippen LogP contribution in [0.4, 0.5) is 19.3 Å². The van der Waals surface area contributed by atoms with Crippen molar-refractivity contribution in [1.29, 1.82) is 0 Å². The molecule has 8 rings (SSSR count). The number of thiophene rings is 1. The second-order valence-corrected chi connectivity index (χ2v) is 15.5. The van der Waals surface area contributed by atoms with Gasteiger partial charge in [0.1, 0.15) is 16.1 Å². The first-order valence-electron chi connectivity index (χ1n) is 17.3. The summed E-state index contributed by atoms with van der Waals surface area (Å²) in [5, 5.41) is 23.1. The molecule has 2 bridgehead atoms. The zero-order valence-corrected chi connectivity index (χ0v) is 30.7. The third-order valence-corrected chi connectivity index (χ3v) is 11.7. The van der Waals surface area contributed by atoms with Gasteiger partial charge >= 0.3 is 12.7 Å². The number of piperidine rings is 3. The van der Waals surface area contributed by atoms with Crippen molar-refractivity contribution < 1.29 is 47.6 Å². The number of pyridine rings is 2. The van der Waals surface area contributed by atoms with Crippen LogP contribution in [-0.4, -0.2) is 66.1 Å². The lowest BCUT2D eigenvalue weighted by molar-refractivity contribution is -0.904. The fraction of sp³-hybridized carbons (Fsp3) is 0.405. The van der Waals surface area contributed by atoms with Crippen LogP contribution >= 0.6 is 34.5 Å². The average Bonchev–Trinajstić information content (AvgIpc) is 3.87. The first-order chi connectivity index (χ1) is 25.5. The number of nitrogens with zero attached hydrogens (tertiary/aromatic N) is 4. The van der Waals surface area contributed by atoms with E-state index in [0.717, 1.165) is 50.1 Å². The molecule has 1 aliphatic carbocycles. The summed E-state index contributed by atoms with van der Waals surface area (Å²) >= 11 is 14.1. The Kier molecular flexibility index (Phi) is 11.2. The molecule has 16 heteroatoms. The van der Waals surface area contributed by atoms with Gasteiger partial charge in [-0.25, -0.2) is 4.79 Å². The molecule has 11 nitrogen and oxygen atoms in total. The van der Waals surface area contributed by atoms with Gasteiger partial charge in [0.15, 0.2) is 11.5 Å². The molecule has 3 saturated heterocycles. The number of alkyl halides is 2. The number of fused-ring (bicyclic) bond motifs is 3. The second-order valence-electron chi connectivity index (χ2n) is 13.6. The highest BCUT2D eigenvalue weighted by Crippen LogP contribution is 2.42. The molecule has 53 heavy (non-hydrogen) atoms. The minimum absolute atomic E-state index is 0.0278. The van der Waals surface area contributed by atoms with E-state index in [1.54, 1.807) is 36.5 Å². The third-order valence-electron chi connectivity index (χ3n) is 9.95. The Morgan fingerprint density at radius 1 is 1.09 bits per heavy atom. The fourth-order valence-corrected chi connectivity index (χ4v) is 8.66. The van der Waals surface area contributed by atoms with Crippen molar-refractivity contribution in [3.05, 3.63) is 97.7 Å². The molecule has 1 N–H and O–H groups in total. The van der Waals surface area contributed by atoms with Crippen molar-refractivity contribution in [3.63, 3.8) is 0 Å². The van der Waals surface area contributed by atoms with E-state index in [4.69, 9.17) is 37.4 Å². The average molecular weight is 790 g/mol. The molecule has 3 aliphatic heterocycles. The number of carboxylic acids is 1. The molecule has 4 aromatic rings. The van der Waals surface area contributed by atoms with Gasteiger partial charge in [-0.15, -0.1) is 11.3 Å². The lowest BCUT2D eigenvalue weighted by Gasteiger charge is -2.44. The van der Waals surface area contributed by atoms with E-state index in [0.29, 0.717) is 51.1 Å². The summed E-state index contributed by atoms with van der Waals surface area (Å²) < 4.78 is 44.3. The van der Waals surface area contributed by atoms with E-state index in [9.17, 15) is 28.7 Å². The Bertz CT molecular complexity index is 1940. The van der Waals surface area contributed by atoms with Crippen LogP contribution in [0.2, 0.25) is 10.0 Å². The molecule has 1 saturated carbocycles. The molecule has 1 aromatic carbocycles. The van der Waals surface area contributed by atoms with Crippen molar-refractivity contribution in [2.24, 2.45) is 11.8 Å². The van der Waals surface area contributed by atoms with Crippen LogP contribution in [-0.2, 0) is 17.7 Å². The van der Waals surface area contributed by atoms with E-state index in [1.165, 1.54) is 29.6 Å². The summed E-state index contributed by atoms with van der Waals surface area (Å²) in [5.74, 6) is -1.78. The van der Waals surface area contributed by atoms with Crippen molar-refractivity contribution in [1.82, 2.24) is 9.88 Å². The maximum atomic E-state index is 13.9. The fourth-order valence-electron chi connectivity index (χ4n) is 7.01. The number of rotatable bonds is 14. The first kappa shape index (κ1) is 37.1. The lowest BCUT2D eigenvalue weighted by atomic mass is 9.85. The quantitative estimate of drug-likeness (QED) is 0.115. The molecule has 0 spiro atoms. The SMILES string of the molecule is O=C([O-])c1sc(CN(C(=O)O[C@H]2CN3CCC2CC3)c2cccnc2)cc1[C@@H](Cc1c(Cl)c[n+](O)cc1Cl)c1ccc(OC(F)F)c(OCC2CC2)c1. The van der Waals surface area contributed by atoms with E-state index in [2.05, 4.69) is 9.88 Å². The number of carbonyl (C=O) groups excluding carboxylic acids is 2. The molecule has 3 aromatic heterocycles. The minimum atomic E-state index is -3.10. The normalized spacial score (nSPS) is 19.9. The Balaban J connectivity index is 1.27. The predicted molar refractivity (Wildman–Crippen MR) is 189 cm³/mol. The van der Waals surface area contributed by atoms with Gasteiger partial charge in [0.25, 0.3) is 0 Å². The molecule has 0 unspecified atom stereocenters. The zero-order valence-electron chi connectivity index (χ0n) is 28.3. The molecule has 4 aliphatic rings. The molecule has 2 atom stereocenters. The minimum Gasteiger partial charge on any atom is -0.544 e. The van der Waals surface area contributed by atoms with Gasteiger partial charge in [-0.2, -0.15) is 8.78 Å². The number of halogens is 4. The Morgan fingerprint density at radius 3 is 2.47 bits per heavy atom. The van der Waals surface area contributed by atoms with Gasteiger partial charge in [0.2, 0.25) is 12.4 Å². The molecule has 6 heterocycles. The van der Waals surface area contributed by atoms with Crippen LogP contribution in [0.1, 0.15) is 62.8 Å². The number of carboxylic acid groups (broad SMARTS) is 1. The summed E-state index contributed by atoms with van der Waals surface area (Å²) in [6, 6.07) is 9.54. The summed E-state index contributed by atoms with van der Waals surface area (Å²) in [4.78, 5) is 35.0. The number of carbonyl (C=O) groups is 2. The molecule has 1 amide bonds. The van der Waals surface area contributed by atoms with E-state index >= 15 is 0 Å². The van der Waals surface area contributed by atoms with E-state index < -0.39 is 24.6 Å². The van der Waals surface area contributed by atoms with E-state index in [-0.39, 0.29) is 51.4 Å². The Morgan fingerprint density at radius 2 is 1.85 bits per heavy atom. The van der Waals surface area contributed by atoms with Gasteiger partial charge in [-0.3, -0.25) is 20.0 Å². The van der Waals surface area contributed by atoms with Crippen LogP contribution < -0.4 is 24.2 Å². The van der Waals surface area contributed by atoms with Crippen molar-refractivity contribution in [2.45, 2.75) is 57.3 Å². The first-order valence-corrected chi connectivity index (χ1v) is 18.8. The topological polar surface area (TPSA) is 128 Å². The molecular formula is C37H36Cl2F2N4O7S. The van der Waals surface area contributed by atoms with E-state index in [1.807, 2.05) is 0 Å². The number of hydrogen-bond donors (Lipinski definition) is 1. The standard InChI is InChI=1S/C37H36Cl2F2N4O7S/c38-29-17-44(49)18-30(39)28(29)14-26(23-5-6-31(51-36(40)41)32(12-23)50-20-21-3-4-21)27-13-25(53-34(27)35(46)47)16-45(24-2-1-9-42-15-24)37(48)52-33-19-43-10-7-22(33)8-11-43/h1-2,5-6,9,12-13,15,17-18,21-22,26,33,36H,3-4,7-8,10-11,14,16,19-20H2,(H-,46,47,49)/t26-,33-/m0/s1. The summed E-state index contributed by atoms with van der Waals surface area (Å²) in [7, 11) is 0. The summed E-state index contributed by atoms with van der Waals surface area (Å²) in [6.07, 6.45) is 8.61. The second kappa shape index (κ2) is 16.0. The number of amides is 1. The van der Waals surface area contributed by atoms with Crippen LogP contribution in [0.3, 0.4) is 0 Å². The van der Waals surface area contributed by atoms with Crippen LogP contribution in [0, 0.1) is 11.8 Å². The van der Waals surface area contributed by atoms with Crippen molar-refractivity contribution in [3.8, 4) is 11.5 Å². The van der Waals surface area contributed by atoms with Crippen LogP contribution in [0.15, 0.2) is 61.2 Å². The number of ether oxygens (including phenoxy) is 3. The van der Waals surface area contributed by atoms with Gasteiger partial charge < -0.3 is 24.1 Å². The smallest absolute Gasteiger partial charge is 0.415 e. The molecule has 4 fully saturated rings. The monoisotopic (exact) mass is 788 g/mol. The van der Waals surface area contributed by atoms with Gasteiger partial charge in [-0.1, -0.05) is 29.3 Å². The molecule has 280 valence electrons. The van der Waals surface area contributed by atoms with Gasteiger partial charge in [0, 0.05) is 33.8 Å². The largest absolute Gasteiger partial charge is 0.544 e. The maximum absolute atomic E-state index is 13.9. The van der Waals surface area contributed by atoms with Gasteiger partial charge in [-0.05, 0) is 98.5 Å². The predicted octanol–water partition coefficient (Wildman–Crippen LogP) is 6.34. The highest BCUT2D eigenvalue weighted by Gasteiger charge is 2.38. The highest BCUT2D eigenvalue weighted by atomic mass is 35.5. The number of aromatic carboxylic acids is 1. The van der Waals surface area contributed by atoms with Crippen LogP contribution in [0.5, 0.6) is 11.5 Å². The highest BCUT2D eigenvalue weighted by molar-refractivity contribution is 7.14. The molecular weight excluding hydrogens is 753 g/mol. The summed E-state index contributed by atoms with van der Waals surface area (Å²) in [6.45, 7) is -0.232. The third kappa shape index (κ3) is 8.77. The lowest BCUT2D eigenvalue weighted by Crippen LogP contribution is -2.53. The molecule has 0 radical (unpaired) electrons. The van der Waals surface area contributed by atoms with Gasteiger partial charge in [0.05, 0.1) is 35.9 Å². The zero-order chi connectivity index (χ0) is 37.2. The maximum Gasteiger partial charge on any atom is 0.415 e. The number of aromatic nitrogens is 2. The Labute approximate surface area is 318 Å². The van der Waals surface area contributed by atoms with Crippen molar-refractivity contribution >= 4 is 52.3 Å². The number of hydrogen-bond acceptors (Lipinski definition) is 10. The Hall–Kier alpha value is -4.24. The number of anilines is 1. The number of benzene rings is 1.